The third-order valence-corrected chi connectivity index (χ3v) is 4.31. The second-order valence-corrected chi connectivity index (χ2v) is 6.02. The molecule has 3 rings (SSSR count). The van der Waals surface area contributed by atoms with Crippen molar-refractivity contribution in [3.05, 3.63) is 0 Å². The zero-order chi connectivity index (χ0) is 14.8. The highest BCUT2D eigenvalue weighted by molar-refractivity contribution is 5.42. The summed E-state index contributed by atoms with van der Waals surface area (Å²) < 4.78 is 0. The highest BCUT2D eigenvalue weighted by atomic mass is 15.4. The van der Waals surface area contributed by atoms with Crippen molar-refractivity contribution in [3.8, 4) is 0 Å². The fourth-order valence-corrected chi connectivity index (χ4v) is 3.23. The zero-order valence-electron chi connectivity index (χ0n) is 12.7. The number of nitrogens with one attached hydrogen (secondary N) is 2. The maximum atomic E-state index is 5.44. The number of aromatic nitrogens is 3. The molecule has 2 aliphatic heterocycles. The van der Waals surface area contributed by atoms with E-state index < -0.39 is 0 Å². The van der Waals surface area contributed by atoms with Gasteiger partial charge >= 0.3 is 0 Å². The van der Waals surface area contributed by atoms with E-state index in [0.29, 0.717) is 23.9 Å². The first-order valence-electron chi connectivity index (χ1n) is 7.56. The van der Waals surface area contributed by atoms with Crippen molar-refractivity contribution in [2.24, 2.45) is 5.84 Å². The van der Waals surface area contributed by atoms with Crippen LogP contribution in [0, 0.1) is 0 Å². The Kier molecular flexibility index (Phi) is 4.07. The Morgan fingerprint density at radius 1 is 1.14 bits per heavy atom. The van der Waals surface area contributed by atoms with Gasteiger partial charge in [0.2, 0.25) is 17.8 Å². The van der Waals surface area contributed by atoms with Crippen molar-refractivity contribution in [2.75, 3.05) is 42.8 Å². The molecule has 0 amide bonds. The molecule has 2 unspecified atom stereocenters. The van der Waals surface area contributed by atoms with Gasteiger partial charge in [-0.25, -0.2) is 5.84 Å². The van der Waals surface area contributed by atoms with Gasteiger partial charge in [0.1, 0.15) is 0 Å². The smallest absolute Gasteiger partial charge is 0.243 e. The van der Waals surface area contributed by atoms with Gasteiger partial charge in [-0.1, -0.05) is 0 Å². The molecular weight excluding hydrogens is 268 g/mol. The third kappa shape index (κ3) is 3.16. The molecule has 2 fully saturated rings. The normalized spacial score (nSPS) is 25.5. The molecule has 0 aliphatic carbocycles. The molecule has 0 aromatic carbocycles. The lowest BCUT2D eigenvalue weighted by atomic mass is 9.98. The van der Waals surface area contributed by atoms with Crippen LogP contribution in [-0.4, -0.2) is 59.1 Å². The largest absolute Gasteiger partial charge is 0.351 e. The molecule has 0 spiro atoms. The molecule has 116 valence electrons. The van der Waals surface area contributed by atoms with E-state index in [4.69, 9.17) is 5.84 Å². The highest BCUT2D eigenvalue weighted by Crippen LogP contribution is 2.28. The molecule has 8 nitrogen and oxygen atoms in total. The Hall–Kier alpha value is -1.67. The van der Waals surface area contributed by atoms with Crippen LogP contribution in [0.15, 0.2) is 0 Å². The van der Waals surface area contributed by atoms with Crippen LogP contribution in [0.5, 0.6) is 0 Å². The van der Waals surface area contributed by atoms with Gasteiger partial charge in [-0.2, -0.15) is 15.0 Å². The lowest BCUT2D eigenvalue weighted by Gasteiger charge is -2.35. The molecular formula is C13H24N8. The maximum absolute atomic E-state index is 5.44. The zero-order valence-corrected chi connectivity index (χ0v) is 12.7. The number of nitrogen functional groups attached to an aromatic ring is 1. The van der Waals surface area contributed by atoms with Crippen molar-refractivity contribution < 1.29 is 0 Å². The van der Waals surface area contributed by atoms with E-state index >= 15 is 0 Å². The first-order chi connectivity index (χ1) is 10.2. The second kappa shape index (κ2) is 5.98. The molecule has 0 saturated carbocycles. The average Bonchev–Trinajstić information content (AvgIpc) is 2.94. The number of hydrogen-bond donors (Lipinski definition) is 3. The molecule has 21 heavy (non-hydrogen) atoms. The minimum absolute atomic E-state index is 0.384. The van der Waals surface area contributed by atoms with Crippen LogP contribution in [0.25, 0.3) is 0 Å². The van der Waals surface area contributed by atoms with E-state index in [1.165, 1.54) is 19.4 Å². The summed E-state index contributed by atoms with van der Waals surface area (Å²) in [7, 11) is 3.80. The predicted octanol–water partition coefficient (Wildman–Crippen LogP) is 0.262. The second-order valence-electron chi connectivity index (χ2n) is 6.02. The topological polar surface area (TPSA) is 95.2 Å². The van der Waals surface area contributed by atoms with Gasteiger partial charge in [0.25, 0.3) is 0 Å². The minimum Gasteiger partial charge on any atom is -0.351 e. The number of nitrogens with two attached hydrogens (primary N) is 1. The van der Waals surface area contributed by atoms with Gasteiger partial charge in [-0.05, 0) is 32.2 Å². The summed E-state index contributed by atoms with van der Waals surface area (Å²) in [6.45, 7) is 2.42. The van der Waals surface area contributed by atoms with Crippen LogP contribution < -0.4 is 21.5 Å². The van der Waals surface area contributed by atoms with Crippen LogP contribution in [0.2, 0.25) is 0 Å². The number of fused-ring (bicyclic) bond motifs is 1. The van der Waals surface area contributed by atoms with Crippen molar-refractivity contribution >= 4 is 17.8 Å². The van der Waals surface area contributed by atoms with Gasteiger partial charge in [-0.15, -0.1) is 0 Å². The number of hydrazine groups is 1. The molecule has 0 bridgehead atoms. The Morgan fingerprint density at radius 2 is 1.95 bits per heavy atom. The van der Waals surface area contributed by atoms with E-state index in [9.17, 15) is 0 Å². The van der Waals surface area contributed by atoms with Crippen molar-refractivity contribution in [1.82, 2.24) is 19.9 Å². The average molecular weight is 292 g/mol. The fraction of sp³-hybridized carbons (Fsp3) is 0.769. The summed E-state index contributed by atoms with van der Waals surface area (Å²) in [5.41, 5.74) is 2.50. The van der Waals surface area contributed by atoms with Crippen LogP contribution in [0.3, 0.4) is 0 Å². The molecule has 2 aliphatic rings. The van der Waals surface area contributed by atoms with Crippen molar-refractivity contribution in [1.29, 1.82) is 0 Å². The molecule has 3 heterocycles. The maximum Gasteiger partial charge on any atom is 0.243 e. The fourth-order valence-electron chi connectivity index (χ4n) is 3.23. The van der Waals surface area contributed by atoms with E-state index in [0.717, 1.165) is 25.4 Å². The van der Waals surface area contributed by atoms with Crippen molar-refractivity contribution in [3.63, 3.8) is 0 Å². The van der Waals surface area contributed by atoms with Gasteiger partial charge in [0, 0.05) is 32.7 Å². The van der Waals surface area contributed by atoms with Crippen LogP contribution in [-0.2, 0) is 0 Å². The number of piperidine rings is 1. The highest BCUT2D eigenvalue weighted by Gasteiger charge is 2.31. The summed E-state index contributed by atoms with van der Waals surface area (Å²) in [4.78, 5) is 17.4. The summed E-state index contributed by atoms with van der Waals surface area (Å²) >= 11 is 0. The van der Waals surface area contributed by atoms with Gasteiger partial charge in [0.15, 0.2) is 0 Å². The Labute approximate surface area is 125 Å². The summed E-state index contributed by atoms with van der Waals surface area (Å²) in [6, 6.07) is 1.14. The number of hydrogen-bond acceptors (Lipinski definition) is 8. The van der Waals surface area contributed by atoms with E-state index in [1.54, 1.807) is 0 Å². The Morgan fingerprint density at radius 3 is 2.71 bits per heavy atom. The number of anilines is 3. The van der Waals surface area contributed by atoms with Gasteiger partial charge < -0.3 is 15.1 Å². The molecule has 8 heteroatoms. The Bertz CT molecular complexity index is 491. The van der Waals surface area contributed by atoms with Crippen molar-refractivity contribution in [2.45, 2.75) is 37.8 Å². The number of nitrogens with zero attached hydrogens (tertiary/aromatic N) is 5. The molecule has 1 aromatic rings. The monoisotopic (exact) mass is 292 g/mol. The third-order valence-electron chi connectivity index (χ3n) is 4.31. The lowest BCUT2D eigenvalue weighted by Crippen LogP contribution is -2.43. The first-order valence-corrected chi connectivity index (χ1v) is 7.56. The van der Waals surface area contributed by atoms with Gasteiger partial charge in [-0.3, -0.25) is 5.43 Å². The van der Waals surface area contributed by atoms with E-state index in [-0.39, 0.29) is 0 Å². The molecule has 2 atom stereocenters. The Balaban J connectivity index is 1.70. The minimum atomic E-state index is 0.384. The standard InChI is InChI=1S/C13H24N8/c1-20(2)13-17-11(16-12(18-13)19-14)15-9-5-7-21-6-3-4-10(21)8-9/h9-10H,3-8,14H2,1-2H3,(H2,15,16,17,18,19). The molecule has 0 radical (unpaired) electrons. The summed E-state index contributed by atoms with van der Waals surface area (Å²) in [6.07, 6.45) is 4.93. The van der Waals surface area contributed by atoms with Gasteiger partial charge in [0.05, 0.1) is 0 Å². The summed E-state index contributed by atoms with van der Waals surface area (Å²) in [5, 5.41) is 3.45. The predicted molar refractivity (Wildman–Crippen MR) is 83.2 cm³/mol. The SMILES string of the molecule is CN(C)c1nc(NN)nc(NC2CCN3CCCC3C2)n1. The lowest BCUT2D eigenvalue weighted by molar-refractivity contribution is 0.188. The quantitative estimate of drug-likeness (QED) is 0.537. The van der Waals surface area contributed by atoms with E-state index in [1.807, 2.05) is 19.0 Å². The summed E-state index contributed by atoms with van der Waals surface area (Å²) in [5.74, 6) is 7.01. The first kappa shape index (κ1) is 14.3. The number of rotatable bonds is 4. The molecule has 1 aromatic heterocycles. The van der Waals surface area contributed by atoms with Crippen LogP contribution in [0.1, 0.15) is 25.7 Å². The van der Waals surface area contributed by atoms with Crippen LogP contribution >= 0.6 is 0 Å². The molecule has 2 saturated heterocycles. The molecule has 4 N–H and O–H groups in total. The van der Waals surface area contributed by atoms with E-state index in [2.05, 4.69) is 30.6 Å². The van der Waals surface area contributed by atoms with Crippen LogP contribution in [0.4, 0.5) is 17.8 Å².